The highest BCUT2D eigenvalue weighted by atomic mass is 19.2. The number of halogens is 3. The molecule has 3 aromatic rings. The number of hydrogen-bond acceptors (Lipinski definition) is 8. The molecule has 2 aromatic heterocycles. The van der Waals surface area contributed by atoms with Crippen LogP contribution in [0.1, 0.15) is 55.5 Å². The van der Waals surface area contributed by atoms with Crippen molar-refractivity contribution in [3.05, 3.63) is 53.3 Å². The summed E-state index contributed by atoms with van der Waals surface area (Å²) >= 11 is 0. The van der Waals surface area contributed by atoms with E-state index in [9.17, 15) is 23.4 Å². The summed E-state index contributed by atoms with van der Waals surface area (Å²) < 4.78 is 59.5. The van der Waals surface area contributed by atoms with Gasteiger partial charge in [0.1, 0.15) is 35.8 Å². The first kappa shape index (κ1) is 25.8. The summed E-state index contributed by atoms with van der Waals surface area (Å²) in [6, 6.07) is 2.69. The van der Waals surface area contributed by atoms with Crippen LogP contribution >= 0.6 is 0 Å². The maximum Gasteiger partial charge on any atom is 0.194 e. The molecule has 1 aromatic carbocycles. The van der Waals surface area contributed by atoms with Gasteiger partial charge in [0.25, 0.3) is 0 Å². The monoisotopic (exact) mass is 522 g/mol. The Morgan fingerprint density at radius 3 is 2.49 bits per heavy atom. The Hall–Kier alpha value is -2.80. The van der Waals surface area contributed by atoms with E-state index in [0.717, 1.165) is 30.7 Å². The number of rotatable bonds is 7. The summed E-state index contributed by atoms with van der Waals surface area (Å²) in [6.45, 7) is -0.468. The molecule has 1 aliphatic heterocycles. The molecule has 5 atom stereocenters. The molecule has 3 heterocycles. The van der Waals surface area contributed by atoms with Gasteiger partial charge in [0.05, 0.1) is 24.6 Å². The summed E-state index contributed by atoms with van der Waals surface area (Å²) in [6.07, 6.45) is 3.76. The zero-order chi connectivity index (χ0) is 26.1. The number of ether oxygens (including phenoxy) is 2. The quantitative estimate of drug-likeness (QED) is 0.454. The van der Waals surface area contributed by atoms with E-state index in [-0.39, 0.29) is 17.7 Å². The highest BCUT2D eigenvalue weighted by Gasteiger charge is 2.47. The van der Waals surface area contributed by atoms with Gasteiger partial charge >= 0.3 is 0 Å². The summed E-state index contributed by atoms with van der Waals surface area (Å²) in [7, 11) is 1.45. The first-order valence-electron chi connectivity index (χ1n) is 12.4. The fourth-order valence-corrected chi connectivity index (χ4v) is 5.40. The number of aliphatic hydroxyl groups excluding tert-OH is 2. The predicted octanol–water partition coefficient (Wildman–Crippen LogP) is 3.32. The Balaban J connectivity index is 1.40. The van der Waals surface area contributed by atoms with Crippen molar-refractivity contribution < 1.29 is 37.4 Å². The zero-order valence-electron chi connectivity index (χ0n) is 20.3. The molecule has 0 unspecified atom stereocenters. The zero-order valence-corrected chi connectivity index (χ0v) is 20.3. The largest absolute Gasteiger partial charge is 0.394 e. The summed E-state index contributed by atoms with van der Waals surface area (Å²) in [5.41, 5.74) is 0.954. The molecule has 0 bridgehead atoms. The van der Waals surface area contributed by atoms with Crippen molar-refractivity contribution in [1.82, 2.24) is 20.2 Å². The normalized spacial score (nSPS) is 27.0. The second-order valence-electron chi connectivity index (χ2n) is 9.67. The Labute approximate surface area is 211 Å². The molecule has 0 radical (unpaired) electrons. The van der Waals surface area contributed by atoms with Gasteiger partial charge in [-0.2, -0.15) is 0 Å². The minimum absolute atomic E-state index is 0.0228. The van der Waals surface area contributed by atoms with Crippen LogP contribution in [0, 0.1) is 17.5 Å². The summed E-state index contributed by atoms with van der Waals surface area (Å²) in [4.78, 5) is 0. The van der Waals surface area contributed by atoms with E-state index in [1.165, 1.54) is 37.3 Å². The van der Waals surface area contributed by atoms with Gasteiger partial charge in [-0.1, -0.05) is 29.6 Å². The van der Waals surface area contributed by atoms with Crippen LogP contribution in [0.3, 0.4) is 0 Å². The average molecular weight is 523 g/mol. The van der Waals surface area contributed by atoms with Gasteiger partial charge in [-0.05, 0) is 25.0 Å². The van der Waals surface area contributed by atoms with E-state index in [1.807, 2.05) is 6.07 Å². The van der Waals surface area contributed by atoms with Gasteiger partial charge in [0.15, 0.2) is 17.5 Å². The Morgan fingerprint density at radius 2 is 1.81 bits per heavy atom. The molecule has 12 heteroatoms. The molecule has 2 N–H and O–H groups in total. The van der Waals surface area contributed by atoms with Crippen LogP contribution in [0.5, 0.6) is 0 Å². The van der Waals surface area contributed by atoms with Crippen LogP contribution < -0.4 is 0 Å². The van der Waals surface area contributed by atoms with Crippen LogP contribution in [0.15, 0.2) is 28.9 Å². The lowest BCUT2D eigenvalue weighted by Crippen LogP contribution is -2.57. The van der Waals surface area contributed by atoms with E-state index in [2.05, 4.69) is 15.5 Å². The van der Waals surface area contributed by atoms with Gasteiger partial charge in [0, 0.05) is 31.1 Å². The number of hydrogen-bond donors (Lipinski definition) is 2. The standard InChI is InChI=1S/C25H29F3N4O5/c1-35-25-20(10-15-9-18(30-37-15)13-5-3-2-4-6-13)36-21(12-33)24(34)23(25)32-11-19(29-31-32)14-7-16(26)22(28)17(27)8-14/h7-9,11,13,20-21,23-25,33-34H,2-6,10,12H2,1H3/t20-,21-,23+,24+,25+/m1/s1. The highest BCUT2D eigenvalue weighted by Crippen LogP contribution is 2.36. The smallest absolute Gasteiger partial charge is 0.194 e. The predicted molar refractivity (Wildman–Crippen MR) is 123 cm³/mol. The Bertz CT molecular complexity index is 1190. The minimum atomic E-state index is -1.58. The van der Waals surface area contributed by atoms with E-state index in [1.54, 1.807) is 0 Å². The van der Waals surface area contributed by atoms with Gasteiger partial charge in [-0.3, -0.25) is 0 Å². The molecule has 2 aliphatic rings. The molecular weight excluding hydrogens is 493 g/mol. The van der Waals surface area contributed by atoms with E-state index < -0.39 is 54.5 Å². The third-order valence-electron chi connectivity index (χ3n) is 7.33. The molecule has 0 spiro atoms. The molecule has 9 nitrogen and oxygen atoms in total. The molecule has 1 saturated heterocycles. The van der Waals surface area contributed by atoms with Gasteiger partial charge in [-0.15, -0.1) is 5.10 Å². The second-order valence-corrected chi connectivity index (χ2v) is 9.67. The van der Waals surface area contributed by atoms with Crippen LogP contribution in [0.2, 0.25) is 0 Å². The number of benzene rings is 1. The molecule has 5 rings (SSSR count). The first-order chi connectivity index (χ1) is 17.9. The molecular formula is C25H29F3N4O5. The van der Waals surface area contributed by atoms with Gasteiger partial charge in [-0.25, -0.2) is 17.9 Å². The lowest BCUT2D eigenvalue weighted by molar-refractivity contribution is -0.212. The van der Waals surface area contributed by atoms with Crippen molar-refractivity contribution in [1.29, 1.82) is 0 Å². The lowest BCUT2D eigenvalue weighted by Gasteiger charge is -2.43. The summed E-state index contributed by atoms with van der Waals surface area (Å²) in [5.74, 6) is -3.33. The fourth-order valence-electron chi connectivity index (χ4n) is 5.40. The van der Waals surface area contributed by atoms with Gasteiger partial charge < -0.3 is 24.2 Å². The van der Waals surface area contributed by atoms with Crippen LogP contribution in [0.25, 0.3) is 11.3 Å². The van der Waals surface area contributed by atoms with Crippen LogP contribution in [-0.2, 0) is 15.9 Å². The fraction of sp³-hybridized carbons (Fsp3) is 0.560. The third-order valence-corrected chi connectivity index (χ3v) is 7.33. The first-order valence-corrected chi connectivity index (χ1v) is 12.4. The molecule has 0 amide bonds. The molecule has 2 fully saturated rings. The number of aromatic nitrogens is 4. The Morgan fingerprint density at radius 1 is 1.08 bits per heavy atom. The van der Waals surface area contributed by atoms with Crippen molar-refractivity contribution in [2.24, 2.45) is 0 Å². The van der Waals surface area contributed by atoms with Crippen molar-refractivity contribution >= 4 is 0 Å². The van der Waals surface area contributed by atoms with Crippen LogP contribution in [-0.4, -0.2) is 68.5 Å². The maximum absolute atomic E-state index is 13.8. The molecule has 1 aliphatic carbocycles. The average Bonchev–Trinajstić information content (AvgIpc) is 3.58. The molecule has 200 valence electrons. The maximum atomic E-state index is 13.8. The van der Waals surface area contributed by atoms with E-state index >= 15 is 0 Å². The third kappa shape index (κ3) is 5.15. The molecule has 37 heavy (non-hydrogen) atoms. The summed E-state index contributed by atoms with van der Waals surface area (Å²) in [5, 5.41) is 33.1. The van der Waals surface area contributed by atoms with Gasteiger partial charge in [0.2, 0.25) is 0 Å². The van der Waals surface area contributed by atoms with Crippen LogP contribution in [0.4, 0.5) is 13.2 Å². The van der Waals surface area contributed by atoms with Crippen molar-refractivity contribution in [2.45, 2.75) is 74.9 Å². The lowest BCUT2D eigenvalue weighted by atomic mass is 9.86. The highest BCUT2D eigenvalue weighted by molar-refractivity contribution is 5.57. The van der Waals surface area contributed by atoms with Crippen molar-refractivity contribution in [3.8, 4) is 11.3 Å². The number of aliphatic hydroxyl groups is 2. The second kappa shape index (κ2) is 10.9. The number of nitrogens with zero attached hydrogens (tertiary/aromatic N) is 4. The minimum Gasteiger partial charge on any atom is -0.394 e. The SMILES string of the molecule is CO[C@@H]1[C@@H](n2cc(-c3cc(F)c(F)c(F)c3)nn2)[C@@H](O)[C@@H](CO)O[C@@H]1Cc1cc(C2CCCCC2)no1. The number of methoxy groups -OCH3 is 1. The topological polar surface area (TPSA) is 116 Å². The van der Waals surface area contributed by atoms with E-state index in [4.69, 9.17) is 14.0 Å². The van der Waals surface area contributed by atoms with Crippen molar-refractivity contribution in [3.63, 3.8) is 0 Å². The molecule has 1 saturated carbocycles. The Kier molecular flexibility index (Phi) is 7.61. The van der Waals surface area contributed by atoms with Crippen molar-refractivity contribution in [2.75, 3.05) is 13.7 Å². The van der Waals surface area contributed by atoms with E-state index in [0.29, 0.717) is 11.7 Å².